The van der Waals surface area contributed by atoms with E-state index in [0.717, 1.165) is 86.4 Å². The summed E-state index contributed by atoms with van der Waals surface area (Å²) in [5.74, 6) is 2.67. The second kappa shape index (κ2) is 14.3. The first kappa shape index (κ1) is 37.9. The van der Waals surface area contributed by atoms with Crippen LogP contribution in [0.1, 0.15) is 83.2 Å². The zero-order valence-corrected chi connectivity index (χ0v) is 34.0. The van der Waals surface area contributed by atoms with Crippen molar-refractivity contribution in [3.8, 4) is 28.1 Å². The number of hydrogen-bond donors (Lipinski definition) is 3. The number of fused-ring (bicyclic) bond motifs is 7. The lowest BCUT2D eigenvalue weighted by molar-refractivity contribution is -0.136. The third-order valence-corrected chi connectivity index (χ3v) is 12.1. The van der Waals surface area contributed by atoms with Crippen molar-refractivity contribution < 1.29 is 33.3 Å². The molecule has 9 rings (SSSR count). The van der Waals surface area contributed by atoms with Gasteiger partial charge in [0.15, 0.2) is 0 Å². The molecule has 2 aromatic heterocycles. The van der Waals surface area contributed by atoms with Crippen LogP contribution < -0.4 is 10.1 Å². The Bertz CT molecular complexity index is 2430. The second-order valence-corrected chi connectivity index (χ2v) is 17.6. The molecule has 5 heterocycles. The molecule has 2 unspecified atom stereocenters. The number of amides is 3. The predicted molar refractivity (Wildman–Crippen MR) is 217 cm³/mol. The third-order valence-electron chi connectivity index (χ3n) is 12.1. The summed E-state index contributed by atoms with van der Waals surface area (Å²) in [7, 11) is 2.99. The molecule has 58 heavy (non-hydrogen) atoms. The lowest BCUT2D eigenvalue weighted by Crippen LogP contribution is -2.52. The van der Waals surface area contributed by atoms with Crippen LogP contribution in [0.4, 0.5) is 9.59 Å². The van der Waals surface area contributed by atoms with E-state index in [1.165, 1.54) is 7.11 Å². The van der Waals surface area contributed by atoms with Gasteiger partial charge in [-0.3, -0.25) is 9.69 Å². The molecule has 0 bridgehead atoms. The van der Waals surface area contributed by atoms with Crippen LogP contribution in [-0.2, 0) is 25.6 Å². The van der Waals surface area contributed by atoms with Gasteiger partial charge in [0, 0.05) is 36.6 Å². The zero-order chi connectivity index (χ0) is 40.6. The van der Waals surface area contributed by atoms with Gasteiger partial charge in [0.25, 0.3) is 0 Å². The van der Waals surface area contributed by atoms with Crippen molar-refractivity contribution in [3.05, 3.63) is 65.9 Å². The number of alkyl carbamates (subject to hydrolysis) is 1. The molecule has 14 nitrogen and oxygen atoms in total. The summed E-state index contributed by atoms with van der Waals surface area (Å²) in [6, 6.07) is 13.8. The largest absolute Gasteiger partial charge is 0.488 e. The van der Waals surface area contributed by atoms with E-state index in [2.05, 4.69) is 51.7 Å². The average Bonchev–Trinajstić information content (AvgIpc) is 3.66. The minimum atomic E-state index is -0.685. The Labute approximate surface area is 337 Å². The van der Waals surface area contributed by atoms with Crippen molar-refractivity contribution in [2.75, 3.05) is 27.4 Å². The molecule has 3 aliphatic heterocycles. The summed E-state index contributed by atoms with van der Waals surface area (Å²) in [5, 5.41) is 4.78. The highest BCUT2D eigenvalue weighted by Crippen LogP contribution is 2.53. The SMILES string of the molecule is COC[C@H]1C[C@@H](c2nc3ccc4cc5c(cc4c3[nH]2)OCc2cc(-c3cnc([C@@H]4C[C@H]6CC6N4C(=O)C(NC(=O)OC)C(C)C)[nH]3)ccc2-5)N(C(=O)OC(C)(C)C)C1. The third kappa shape index (κ3) is 6.80. The summed E-state index contributed by atoms with van der Waals surface area (Å²) in [4.78, 5) is 59.9. The lowest BCUT2D eigenvalue weighted by atomic mass is 9.92. The number of carbonyl (C=O) groups is 3. The fourth-order valence-corrected chi connectivity index (χ4v) is 9.23. The zero-order valence-electron chi connectivity index (χ0n) is 34.0. The van der Waals surface area contributed by atoms with E-state index in [0.29, 0.717) is 25.7 Å². The lowest BCUT2D eigenvalue weighted by Gasteiger charge is -2.31. The molecule has 4 aliphatic rings. The fourth-order valence-electron chi connectivity index (χ4n) is 9.23. The maximum Gasteiger partial charge on any atom is 0.410 e. The summed E-state index contributed by atoms with van der Waals surface area (Å²) >= 11 is 0. The van der Waals surface area contributed by atoms with Crippen molar-refractivity contribution in [3.63, 3.8) is 0 Å². The van der Waals surface area contributed by atoms with Crippen LogP contribution in [0.25, 0.3) is 44.2 Å². The molecule has 0 radical (unpaired) electrons. The maximum absolute atomic E-state index is 13.9. The number of hydrogen-bond acceptors (Lipinski definition) is 9. The topological polar surface area (TPSA) is 164 Å². The molecule has 14 heteroatoms. The van der Waals surface area contributed by atoms with E-state index < -0.39 is 17.7 Å². The molecule has 6 atom stereocenters. The number of piperidine rings is 1. The maximum atomic E-state index is 13.9. The Morgan fingerprint density at radius 1 is 0.983 bits per heavy atom. The Morgan fingerprint density at radius 2 is 1.81 bits per heavy atom. The van der Waals surface area contributed by atoms with Gasteiger partial charge in [-0.2, -0.15) is 0 Å². The van der Waals surface area contributed by atoms with Gasteiger partial charge >= 0.3 is 12.2 Å². The van der Waals surface area contributed by atoms with Crippen LogP contribution >= 0.6 is 0 Å². The molecule has 304 valence electrons. The van der Waals surface area contributed by atoms with E-state index >= 15 is 0 Å². The second-order valence-electron chi connectivity index (χ2n) is 17.6. The summed E-state index contributed by atoms with van der Waals surface area (Å²) in [5.41, 5.74) is 6.12. The number of methoxy groups -OCH3 is 2. The molecule has 1 saturated carbocycles. The monoisotopic (exact) mass is 789 g/mol. The number of rotatable bonds is 8. The van der Waals surface area contributed by atoms with Gasteiger partial charge in [0.2, 0.25) is 5.91 Å². The van der Waals surface area contributed by atoms with E-state index in [9.17, 15) is 14.4 Å². The van der Waals surface area contributed by atoms with Crippen LogP contribution in [0, 0.1) is 17.8 Å². The van der Waals surface area contributed by atoms with Crippen molar-refractivity contribution in [2.45, 2.75) is 90.3 Å². The molecule has 2 saturated heterocycles. The van der Waals surface area contributed by atoms with E-state index in [-0.39, 0.29) is 42.0 Å². The van der Waals surface area contributed by atoms with Crippen LogP contribution in [0.3, 0.4) is 0 Å². The van der Waals surface area contributed by atoms with Gasteiger partial charge < -0.3 is 39.1 Å². The van der Waals surface area contributed by atoms with Gasteiger partial charge in [0.1, 0.15) is 35.6 Å². The first-order chi connectivity index (χ1) is 27.8. The summed E-state index contributed by atoms with van der Waals surface area (Å²) < 4.78 is 22.5. The number of aromatic amines is 2. The van der Waals surface area contributed by atoms with Crippen molar-refractivity contribution >= 4 is 39.9 Å². The van der Waals surface area contributed by atoms with Crippen molar-refractivity contribution in [1.82, 2.24) is 35.1 Å². The minimum Gasteiger partial charge on any atom is -0.488 e. The predicted octanol–water partition coefficient (Wildman–Crippen LogP) is 7.65. The van der Waals surface area contributed by atoms with Crippen LogP contribution in [0.5, 0.6) is 5.75 Å². The van der Waals surface area contributed by atoms with Crippen LogP contribution in [0.15, 0.2) is 48.7 Å². The standard InChI is InChI=1S/C44H51N7O7/c1-22(2)37(49-42(53)56-7)41(52)51-33-15-26(33)16-35(51)39-45-18-32(47-39)25-8-10-28-27(13-25)21-57-36-17-29-24(14-30(28)36)9-11-31-38(29)48-40(46-31)34-12-23(20-55-6)19-50(34)43(54)58-44(3,4)5/h8-11,13-14,17-18,22-23,26,33-35,37H,12,15-16,19-21H2,1-7H3,(H,45,47)(H,46,48)(H,49,53)/t23-,26+,33?,34-,35-,37?/m0/s1. The number of nitrogens with zero attached hydrogens (tertiary/aromatic N) is 4. The number of ether oxygens (including phenoxy) is 4. The fraction of sp³-hybridized carbons (Fsp3) is 0.477. The highest BCUT2D eigenvalue weighted by Gasteiger charge is 2.56. The number of H-pyrrole nitrogens is 2. The molecule has 0 spiro atoms. The number of likely N-dealkylation sites (tertiary alicyclic amines) is 2. The Balaban J connectivity index is 0.973. The number of imidazole rings is 2. The van der Waals surface area contributed by atoms with E-state index in [1.54, 1.807) is 12.0 Å². The molecular formula is C44H51N7O7. The number of benzene rings is 3. The normalized spacial score (nSPS) is 22.7. The van der Waals surface area contributed by atoms with Gasteiger partial charge in [-0.15, -0.1) is 0 Å². The van der Waals surface area contributed by atoms with Crippen molar-refractivity contribution in [2.24, 2.45) is 17.8 Å². The Kier molecular flexibility index (Phi) is 9.37. The van der Waals surface area contributed by atoms with Gasteiger partial charge in [-0.05, 0) is 98.2 Å². The highest BCUT2D eigenvalue weighted by atomic mass is 16.6. The van der Waals surface area contributed by atoms with Crippen LogP contribution in [0.2, 0.25) is 0 Å². The number of carbonyl (C=O) groups excluding carboxylic acids is 3. The quantitative estimate of drug-likeness (QED) is 0.143. The minimum absolute atomic E-state index is 0.103. The number of nitrogens with one attached hydrogen (secondary N) is 3. The van der Waals surface area contributed by atoms with E-state index in [1.807, 2.05) is 51.8 Å². The molecule has 3 aromatic carbocycles. The van der Waals surface area contributed by atoms with Gasteiger partial charge in [0.05, 0.1) is 48.7 Å². The smallest absolute Gasteiger partial charge is 0.410 e. The van der Waals surface area contributed by atoms with Crippen molar-refractivity contribution in [1.29, 1.82) is 0 Å². The Hall–Kier alpha value is -5.63. The van der Waals surface area contributed by atoms with Gasteiger partial charge in [-0.25, -0.2) is 19.6 Å². The van der Waals surface area contributed by atoms with E-state index in [4.69, 9.17) is 28.9 Å². The molecule has 5 aromatic rings. The molecule has 1 aliphatic carbocycles. The summed E-state index contributed by atoms with van der Waals surface area (Å²) in [6.45, 7) is 11.0. The Morgan fingerprint density at radius 3 is 2.57 bits per heavy atom. The first-order valence-corrected chi connectivity index (χ1v) is 20.2. The first-order valence-electron chi connectivity index (χ1n) is 20.2. The molecule has 3 fully saturated rings. The van der Waals surface area contributed by atoms with Crippen LogP contribution in [-0.4, -0.2) is 92.9 Å². The average molecular weight is 790 g/mol. The molecule has 3 amide bonds. The number of aromatic nitrogens is 4. The molecular weight excluding hydrogens is 739 g/mol. The summed E-state index contributed by atoms with van der Waals surface area (Å²) in [6.07, 6.45) is 3.39. The highest BCUT2D eigenvalue weighted by molar-refractivity contribution is 6.07. The molecule has 3 N–H and O–H groups in total. The van der Waals surface area contributed by atoms with Gasteiger partial charge in [-0.1, -0.05) is 32.0 Å².